The van der Waals surface area contributed by atoms with Gasteiger partial charge in [0.15, 0.2) is 0 Å². The van der Waals surface area contributed by atoms with Gasteiger partial charge in [-0.1, -0.05) is 231 Å². The lowest BCUT2D eigenvalue weighted by atomic mass is 9.93. The van der Waals surface area contributed by atoms with Crippen molar-refractivity contribution in [1.29, 1.82) is 0 Å². The Kier molecular flexibility index (Phi) is 10.8. The molecule has 2 aromatic heterocycles. The van der Waals surface area contributed by atoms with E-state index in [9.17, 15) is 0 Å². The van der Waals surface area contributed by atoms with Crippen molar-refractivity contribution in [3.8, 4) is 72.4 Å². The third kappa shape index (κ3) is 7.86. The zero-order valence-corrected chi connectivity index (χ0v) is 41.0. The molecule has 0 fully saturated rings. The van der Waals surface area contributed by atoms with Crippen molar-refractivity contribution in [2.24, 2.45) is 0 Å². The van der Waals surface area contributed by atoms with E-state index in [1.165, 1.54) is 49.6 Å². The summed E-state index contributed by atoms with van der Waals surface area (Å²) in [5, 5.41) is 4.73. The second-order valence-corrected chi connectivity index (χ2v) is 19.2. The first-order valence-corrected chi connectivity index (χ1v) is 25.6. The first kappa shape index (κ1) is 43.8. The Morgan fingerprint density at radius 1 is 0.253 bits per heavy atom. The SMILES string of the molecule is c1ccc(-c2ccc(-c3ccc(N(c4ccc(-c5ccccc5-c5cccc6c5oc5ccccc56)cc4)c4ccc(-c5ccc(-c6ccccc6)cc5-n5c6ccccc6c6ccccc65)cc4)cc3)cc2)cc1. The van der Waals surface area contributed by atoms with Gasteiger partial charge in [0.05, 0.1) is 16.7 Å². The fraction of sp³-hybridized carbons (Fsp3) is 0. The highest BCUT2D eigenvalue weighted by Crippen LogP contribution is 2.44. The molecule has 14 aromatic rings. The van der Waals surface area contributed by atoms with E-state index in [0.717, 1.165) is 83.6 Å². The summed E-state index contributed by atoms with van der Waals surface area (Å²) < 4.78 is 8.99. The highest BCUT2D eigenvalue weighted by atomic mass is 16.3. The molecule has 0 atom stereocenters. The van der Waals surface area contributed by atoms with Crippen LogP contribution in [0.5, 0.6) is 0 Å². The fourth-order valence-corrected chi connectivity index (χ4v) is 11.2. The second kappa shape index (κ2) is 18.6. The standard InChI is InChI=1S/C72H48N2O/c1-3-16-49(17-4-1)51-30-32-52(33-31-51)53-34-41-57(42-35-53)73(58-43-36-54(37-44-58)60-20-7-8-21-62(60)66-25-15-26-67-65-24-11-14-29-71(65)75-72(66)67)59-45-38-55(39-46-59)61-47-40-56(50-18-5-2-6-19-50)48-70(61)74-68-27-12-9-22-63(68)64-23-10-13-28-69(64)74/h1-48H. The van der Waals surface area contributed by atoms with Gasteiger partial charge in [0.25, 0.3) is 0 Å². The average Bonchev–Trinajstić information content (AvgIpc) is 4.06. The Morgan fingerprint density at radius 3 is 1.24 bits per heavy atom. The molecule has 0 aliphatic carbocycles. The molecule has 0 radical (unpaired) electrons. The molecule has 0 amide bonds. The molecule has 75 heavy (non-hydrogen) atoms. The number of benzene rings is 12. The summed E-state index contributed by atoms with van der Waals surface area (Å²) in [7, 11) is 0. The van der Waals surface area contributed by atoms with E-state index in [1.54, 1.807) is 0 Å². The van der Waals surface area contributed by atoms with Gasteiger partial charge >= 0.3 is 0 Å². The largest absolute Gasteiger partial charge is 0.455 e. The fourth-order valence-electron chi connectivity index (χ4n) is 11.2. The Labute approximate surface area is 436 Å². The van der Waals surface area contributed by atoms with Crippen LogP contribution in [-0.4, -0.2) is 4.57 Å². The third-order valence-electron chi connectivity index (χ3n) is 14.9. The van der Waals surface area contributed by atoms with E-state index in [4.69, 9.17) is 4.42 Å². The molecule has 3 nitrogen and oxygen atoms in total. The van der Waals surface area contributed by atoms with E-state index in [0.29, 0.717) is 0 Å². The van der Waals surface area contributed by atoms with Crippen molar-refractivity contribution < 1.29 is 4.42 Å². The predicted molar refractivity (Wildman–Crippen MR) is 315 cm³/mol. The Bertz CT molecular complexity index is 4310. The number of hydrogen-bond donors (Lipinski definition) is 0. The van der Waals surface area contributed by atoms with Crippen LogP contribution in [-0.2, 0) is 0 Å². The molecule has 14 rings (SSSR count). The Morgan fingerprint density at radius 2 is 0.653 bits per heavy atom. The van der Waals surface area contributed by atoms with Gasteiger partial charge in [0.2, 0.25) is 0 Å². The maximum absolute atomic E-state index is 6.55. The van der Waals surface area contributed by atoms with Crippen LogP contribution in [0, 0.1) is 0 Å². The molecule has 0 aliphatic rings. The highest BCUT2D eigenvalue weighted by molar-refractivity contribution is 6.11. The normalized spacial score (nSPS) is 11.5. The maximum Gasteiger partial charge on any atom is 0.143 e. The number of hydrogen-bond acceptors (Lipinski definition) is 2. The minimum Gasteiger partial charge on any atom is -0.455 e. The average molecular weight is 957 g/mol. The first-order valence-electron chi connectivity index (χ1n) is 25.6. The van der Waals surface area contributed by atoms with Gasteiger partial charge in [-0.25, -0.2) is 0 Å². The van der Waals surface area contributed by atoms with E-state index in [-0.39, 0.29) is 0 Å². The zero-order chi connectivity index (χ0) is 49.7. The molecule has 0 bridgehead atoms. The third-order valence-corrected chi connectivity index (χ3v) is 14.9. The summed E-state index contributed by atoms with van der Waals surface area (Å²) >= 11 is 0. The maximum atomic E-state index is 6.55. The molecule has 0 aliphatic heterocycles. The molecule has 0 spiro atoms. The van der Waals surface area contributed by atoms with Crippen molar-refractivity contribution in [1.82, 2.24) is 4.57 Å². The highest BCUT2D eigenvalue weighted by Gasteiger charge is 2.20. The number of rotatable bonds is 10. The van der Waals surface area contributed by atoms with Crippen LogP contribution in [0.25, 0.3) is 116 Å². The molecule has 0 saturated carbocycles. The van der Waals surface area contributed by atoms with Crippen molar-refractivity contribution in [2.45, 2.75) is 0 Å². The van der Waals surface area contributed by atoms with E-state index in [2.05, 4.69) is 289 Å². The van der Waals surface area contributed by atoms with Gasteiger partial charge < -0.3 is 13.9 Å². The van der Waals surface area contributed by atoms with E-state index < -0.39 is 0 Å². The molecule has 352 valence electrons. The number of aromatic nitrogens is 1. The topological polar surface area (TPSA) is 21.3 Å². The summed E-state index contributed by atoms with van der Waals surface area (Å²) in [6.07, 6.45) is 0. The van der Waals surface area contributed by atoms with Crippen molar-refractivity contribution in [3.05, 3.63) is 291 Å². The molecular weight excluding hydrogens is 909 g/mol. The smallest absolute Gasteiger partial charge is 0.143 e. The van der Waals surface area contributed by atoms with Crippen LogP contribution in [0.15, 0.2) is 296 Å². The first-order chi connectivity index (χ1) is 37.2. The van der Waals surface area contributed by atoms with Gasteiger partial charge in [-0.05, 0) is 116 Å². The number of nitrogens with zero attached hydrogens (tertiary/aromatic N) is 2. The lowest BCUT2D eigenvalue weighted by Crippen LogP contribution is -2.10. The lowest BCUT2D eigenvalue weighted by Gasteiger charge is -2.26. The van der Waals surface area contributed by atoms with Crippen LogP contribution in [0.1, 0.15) is 0 Å². The molecule has 3 heteroatoms. The summed E-state index contributed by atoms with van der Waals surface area (Å²) in [5.41, 5.74) is 22.4. The zero-order valence-electron chi connectivity index (χ0n) is 41.0. The van der Waals surface area contributed by atoms with Crippen LogP contribution in [0.4, 0.5) is 17.1 Å². The van der Waals surface area contributed by atoms with Gasteiger partial charge in [-0.3, -0.25) is 0 Å². The summed E-state index contributed by atoms with van der Waals surface area (Å²) in [4.78, 5) is 2.36. The van der Waals surface area contributed by atoms with E-state index in [1.807, 2.05) is 12.1 Å². The lowest BCUT2D eigenvalue weighted by molar-refractivity contribution is 0.670. The Balaban J connectivity index is 0.869. The molecule has 0 saturated heterocycles. The predicted octanol–water partition coefficient (Wildman–Crippen LogP) is 20.2. The van der Waals surface area contributed by atoms with Gasteiger partial charge in [-0.15, -0.1) is 0 Å². The number of para-hydroxylation sites is 4. The van der Waals surface area contributed by atoms with Gasteiger partial charge in [-0.2, -0.15) is 0 Å². The van der Waals surface area contributed by atoms with Crippen LogP contribution in [0.3, 0.4) is 0 Å². The summed E-state index contributed by atoms with van der Waals surface area (Å²) in [6.45, 7) is 0. The Hall–Kier alpha value is -9.96. The monoisotopic (exact) mass is 956 g/mol. The molecule has 0 unspecified atom stereocenters. The minimum absolute atomic E-state index is 0.897. The van der Waals surface area contributed by atoms with Gasteiger partial charge in [0.1, 0.15) is 11.2 Å². The van der Waals surface area contributed by atoms with Crippen molar-refractivity contribution >= 4 is 60.8 Å². The number of furan rings is 1. The molecule has 12 aromatic carbocycles. The number of anilines is 3. The minimum atomic E-state index is 0.897. The molecule has 0 N–H and O–H groups in total. The quantitative estimate of drug-likeness (QED) is 0.136. The second-order valence-electron chi connectivity index (χ2n) is 19.2. The molecule has 2 heterocycles. The van der Waals surface area contributed by atoms with Crippen LogP contribution < -0.4 is 4.90 Å². The van der Waals surface area contributed by atoms with Crippen molar-refractivity contribution in [3.63, 3.8) is 0 Å². The van der Waals surface area contributed by atoms with Crippen molar-refractivity contribution in [2.75, 3.05) is 4.90 Å². The van der Waals surface area contributed by atoms with Crippen LogP contribution in [0.2, 0.25) is 0 Å². The number of fused-ring (bicyclic) bond motifs is 6. The molecular formula is C72H48N2O. The van der Waals surface area contributed by atoms with E-state index >= 15 is 0 Å². The van der Waals surface area contributed by atoms with Gasteiger partial charge in [0, 0.05) is 49.7 Å². The van der Waals surface area contributed by atoms with Crippen LogP contribution >= 0.6 is 0 Å². The summed E-state index contributed by atoms with van der Waals surface area (Å²) in [5.74, 6) is 0. The summed E-state index contributed by atoms with van der Waals surface area (Å²) in [6, 6.07) is 105.